The van der Waals surface area contributed by atoms with E-state index in [2.05, 4.69) is 252 Å². The normalized spacial score (nSPS) is 11.9. The minimum Gasteiger partial charge on any atom is -0.309 e. The fourth-order valence-corrected chi connectivity index (χ4v) is 11.8. The number of hydrogen-bond donors (Lipinski definition) is 0. The molecular formula is C64H40N2S. The molecule has 2 nitrogen and oxygen atoms in total. The first-order valence-corrected chi connectivity index (χ1v) is 23.8. The Morgan fingerprint density at radius 2 is 0.701 bits per heavy atom. The maximum absolute atomic E-state index is 2.45. The molecular weight excluding hydrogens is 829 g/mol. The van der Waals surface area contributed by atoms with Gasteiger partial charge in [-0.25, -0.2) is 0 Å². The molecule has 3 heterocycles. The van der Waals surface area contributed by atoms with Crippen LogP contribution in [0.2, 0.25) is 0 Å². The van der Waals surface area contributed by atoms with Gasteiger partial charge in [0.2, 0.25) is 0 Å². The number of benzene rings is 11. The van der Waals surface area contributed by atoms with Gasteiger partial charge in [0.05, 0.1) is 22.1 Å². The molecule has 0 spiro atoms. The summed E-state index contributed by atoms with van der Waals surface area (Å²) in [6.45, 7) is 0. The van der Waals surface area contributed by atoms with Gasteiger partial charge < -0.3 is 9.13 Å². The topological polar surface area (TPSA) is 9.86 Å². The second kappa shape index (κ2) is 15.0. The molecule has 0 aliphatic carbocycles. The highest BCUT2D eigenvalue weighted by atomic mass is 32.1. The summed E-state index contributed by atoms with van der Waals surface area (Å²) in [6, 6.07) is 89.4. The van der Waals surface area contributed by atoms with Crippen molar-refractivity contribution in [3.8, 4) is 55.9 Å². The maximum Gasteiger partial charge on any atom is 0.0619 e. The van der Waals surface area contributed by atoms with Crippen molar-refractivity contribution in [2.75, 3.05) is 0 Å². The van der Waals surface area contributed by atoms with Crippen LogP contribution in [0.4, 0.5) is 0 Å². The lowest BCUT2D eigenvalue weighted by Gasteiger charge is -2.13. The van der Waals surface area contributed by atoms with Crippen molar-refractivity contribution < 1.29 is 0 Å². The fraction of sp³-hybridized carbons (Fsp3) is 0. The number of fused-ring (bicyclic) bond motifs is 11. The zero-order chi connectivity index (χ0) is 44.0. The number of thiophene rings is 1. The van der Waals surface area contributed by atoms with Crippen LogP contribution in [0, 0.1) is 0 Å². The highest BCUT2D eigenvalue weighted by molar-refractivity contribution is 7.25. The predicted molar refractivity (Wildman–Crippen MR) is 287 cm³/mol. The van der Waals surface area contributed by atoms with Gasteiger partial charge in [0.1, 0.15) is 0 Å². The Hall–Kier alpha value is -8.50. The average molecular weight is 869 g/mol. The molecule has 3 heteroatoms. The van der Waals surface area contributed by atoms with E-state index < -0.39 is 0 Å². The van der Waals surface area contributed by atoms with Crippen molar-refractivity contribution in [3.63, 3.8) is 0 Å². The van der Waals surface area contributed by atoms with Crippen LogP contribution in [-0.4, -0.2) is 9.13 Å². The number of hydrogen-bond acceptors (Lipinski definition) is 1. The van der Waals surface area contributed by atoms with E-state index in [0.29, 0.717) is 0 Å². The van der Waals surface area contributed by atoms with Gasteiger partial charge in [-0.2, -0.15) is 0 Å². The van der Waals surface area contributed by atoms with E-state index in [1.807, 2.05) is 11.3 Å². The second-order valence-corrected chi connectivity index (χ2v) is 18.8. The largest absolute Gasteiger partial charge is 0.309 e. The summed E-state index contributed by atoms with van der Waals surface area (Å²) in [4.78, 5) is 0. The van der Waals surface area contributed by atoms with Crippen molar-refractivity contribution in [2.45, 2.75) is 0 Å². The van der Waals surface area contributed by atoms with E-state index in [0.717, 1.165) is 11.4 Å². The monoisotopic (exact) mass is 868 g/mol. The summed E-state index contributed by atoms with van der Waals surface area (Å²) in [5, 5.41) is 10.1. The lowest BCUT2D eigenvalue weighted by atomic mass is 9.97. The Balaban J connectivity index is 0.870. The summed E-state index contributed by atoms with van der Waals surface area (Å²) in [7, 11) is 0. The first-order chi connectivity index (χ1) is 33.2. The van der Waals surface area contributed by atoms with E-state index in [9.17, 15) is 0 Å². The summed E-state index contributed by atoms with van der Waals surface area (Å²) in [5.74, 6) is 0. The molecule has 67 heavy (non-hydrogen) atoms. The van der Waals surface area contributed by atoms with Gasteiger partial charge in [-0.1, -0.05) is 164 Å². The number of aromatic nitrogens is 2. The maximum atomic E-state index is 2.45. The van der Waals surface area contributed by atoms with Crippen molar-refractivity contribution in [2.24, 2.45) is 0 Å². The molecule has 3 aromatic heterocycles. The third-order valence-corrected chi connectivity index (χ3v) is 15.1. The smallest absolute Gasteiger partial charge is 0.0619 e. The van der Waals surface area contributed by atoms with Gasteiger partial charge in [-0.3, -0.25) is 0 Å². The number of rotatable bonds is 6. The van der Waals surface area contributed by atoms with E-state index >= 15 is 0 Å². The van der Waals surface area contributed by atoms with Gasteiger partial charge in [-0.15, -0.1) is 11.3 Å². The Labute approximate surface area is 391 Å². The van der Waals surface area contributed by atoms with Crippen LogP contribution < -0.4 is 0 Å². The molecule has 0 atom stereocenters. The van der Waals surface area contributed by atoms with Crippen LogP contribution in [0.15, 0.2) is 243 Å². The van der Waals surface area contributed by atoms with E-state index in [1.54, 1.807) is 0 Å². The minimum atomic E-state index is 1.15. The molecule has 0 bridgehead atoms. The second-order valence-electron chi connectivity index (χ2n) is 17.7. The van der Waals surface area contributed by atoms with Crippen molar-refractivity contribution in [1.82, 2.24) is 9.13 Å². The molecule has 0 aliphatic heterocycles. The van der Waals surface area contributed by atoms with E-state index in [4.69, 9.17) is 0 Å². The quantitative estimate of drug-likeness (QED) is 0.158. The molecule has 0 fully saturated rings. The Morgan fingerprint density at radius 1 is 0.239 bits per heavy atom. The first-order valence-electron chi connectivity index (χ1n) is 23.0. The zero-order valence-corrected chi connectivity index (χ0v) is 37.2. The molecule has 0 saturated carbocycles. The number of nitrogens with zero attached hydrogens (tertiary/aromatic N) is 2. The van der Waals surface area contributed by atoms with Gasteiger partial charge >= 0.3 is 0 Å². The van der Waals surface area contributed by atoms with Crippen LogP contribution in [0.1, 0.15) is 0 Å². The first kappa shape index (κ1) is 37.8. The highest BCUT2D eigenvalue weighted by Crippen LogP contribution is 2.42. The molecule has 14 aromatic rings. The molecule has 0 unspecified atom stereocenters. The van der Waals surface area contributed by atoms with E-state index in [-0.39, 0.29) is 0 Å². The highest BCUT2D eigenvalue weighted by Gasteiger charge is 2.18. The standard InChI is InChI=1S/C64H40N2S/c1-3-12-41(13-4-1)43-22-28-50(29-23-43)66-60-21-10-7-18-53(60)55-31-24-49-37-51(30-32-52(49)64(55)66)65-59-20-9-8-19-54(59)56-38-46(25-33-61(56)65)48-27-35-63-58(40-48)57-39-47(26-34-62(57)67-63)45-17-11-16-44(36-45)42-14-5-2-6-15-42/h1-40H. The summed E-state index contributed by atoms with van der Waals surface area (Å²) in [5.41, 5.74) is 16.9. The van der Waals surface area contributed by atoms with Crippen LogP contribution in [0.25, 0.3) is 130 Å². The summed E-state index contributed by atoms with van der Waals surface area (Å²) in [6.07, 6.45) is 0. The van der Waals surface area contributed by atoms with Crippen molar-refractivity contribution >= 4 is 85.9 Å². The zero-order valence-electron chi connectivity index (χ0n) is 36.4. The van der Waals surface area contributed by atoms with Gasteiger partial charge in [0.15, 0.2) is 0 Å². The predicted octanol–water partition coefficient (Wildman–Crippen LogP) is 18.1. The average Bonchev–Trinajstić information content (AvgIpc) is 4.06. The Kier molecular flexibility index (Phi) is 8.49. The molecule has 0 radical (unpaired) electrons. The lowest BCUT2D eigenvalue weighted by molar-refractivity contribution is 1.18. The van der Waals surface area contributed by atoms with Crippen LogP contribution >= 0.6 is 11.3 Å². The SMILES string of the molecule is c1ccc(-c2ccc(-n3c4ccccc4c4ccc5cc(-n6c7ccccc7c7cc(-c8ccc9sc%10ccc(-c%11cccc(-c%12ccccc%12)c%11)cc%10c9c8)ccc76)ccc5c43)cc2)cc1. The van der Waals surface area contributed by atoms with Gasteiger partial charge in [-0.05, 0) is 129 Å². The molecule has 0 N–H and O–H groups in total. The lowest BCUT2D eigenvalue weighted by Crippen LogP contribution is -1.96. The van der Waals surface area contributed by atoms with Gasteiger partial charge in [0.25, 0.3) is 0 Å². The van der Waals surface area contributed by atoms with Crippen LogP contribution in [0.3, 0.4) is 0 Å². The van der Waals surface area contributed by atoms with Gasteiger partial charge in [0, 0.05) is 58.5 Å². The Bertz CT molecular complexity index is 4250. The number of para-hydroxylation sites is 2. The van der Waals surface area contributed by atoms with Crippen molar-refractivity contribution in [1.29, 1.82) is 0 Å². The molecule has 312 valence electrons. The molecule has 0 amide bonds. The summed E-state index contributed by atoms with van der Waals surface area (Å²) >= 11 is 1.87. The van der Waals surface area contributed by atoms with Crippen LogP contribution in [-0.2, 0) is 0 Å². The third kappa shape index (κ3) is 6.09. The van der Waals surface area contributed by atoms with E-state index in [1.165, 1.54) is 119 Å². The fourth-order valence-electron chi connectivity index (χ4n) is 10.7. The molecule has 0 aliphatic rings. The van der Waals surface area contributed by atoms with Crippen molar-refractivity contribution in [3.05, 3.63) is 243 Å². The van der Waals surface area contributed by atoms with Crippen LogP contribution in [0.5, 0.6) is 0 Å². The Morgan fingerprint density at radius 3 is 1.39 bits per heavy atom. The molecule has 14 rings (SSSR count). The summed E-state index contributed by atoms with van der Waals surface area (Å²) < 4.78 is 7.51. The third-order valence-electron chi connectivity index (χ3n) is 13.9. The minimum absolute atomic E-state index is 1.15. The molecule has 11 aromatic carbocycles. The molecule has 0 saturated heterocycles.